The molecule has 1 aromatic carbocycles. The number of rotatable bonds is 3. The van der Waals surface area contributed by atoms with Gasteiger partial charge in [0.05, 0.1) is 11.0 Å². The number of aromatic nitrogens is 2. The lowest BCUT2D eigenvalue weighted by Gasteiger charge is -2.06. The monoisotopic (exact) mass is 354 g/mol. The molecular formula is C15H16ClN2O4P. The van der Waals surface area contributed by atoms with E-state index >= 15 is 0 Å². The van der Waals surface area contributed by atoms with Gasteiger partial charge in [-0.2, -0.15) is 0 Å². The van der Waals surface area contributed by atoms with E-state index in [0.29, 0.717) is 23.2 Å². The van der Waals surface area contributed by atoms with Crippen LogP contribution in [0.1, 0.15) is 18.1 Å². The lowest BCUT2D eigenvalue weighted by atomic mass is 10.1. The molecule has 0 fully saturated rings. The van der Waals surface area contributed by atoms with Gasteiger partial charge in [0.15, 0.2) is 11.6 Å². The number of furan rings is 1. The number of nitrogens with zero attached hydrogens (tertiary/aromatic N) is 2. The van der Waals surface area contributed by atoms with Crippen LogP contribution < -0.4 is 5.50 Å². The number of imidazole rings is 1. The van der Waals surface area contributed by atoms with Crippen LogP contribution in [0.3, 0.4) is 0 Å². The van der Waals surface area contributed by atoms with Crippen LogP contribution in [0.5, 0.6) is 0 Å². The molecule has 23 heavy (non-hydrogen) atoms. The minimum Gasteiger partial charge on any atom is -0.445 e. The maximum atomic E-state index is 11.3. The first-order chi connectivity index (χ1) is 10.7. The van der Waals surface area contributed by atoms with Gasteiger partial charge in [0, 0.05) is 11.6 Å². The summed E-state index contributed by atoms with van der Waals surface area (Å²) in [6.07, 6.45) is 0. The lowest BCUT2D eigenvalue weighted by molar-refractivity contribution is 0.377. The Balaban J connectivity index is 2.28. The Hall–Kier alpha value is -1.59. The molecule has 2 aromatic heterocycles. The molecular weight excluding hydrogens is 339 g/mol. The van der Waals surface area contributed by atoms with E-state index < -0.39 is 7.60 Å². The van der Waals surface area contributed by atoms with Crippen molar-refractivity contribution in [2.45, 2.75) is 27.3 Å². The SMILES string of the molecule is CCn1c(-c2ccc(P(=O)(O)O)o2)nc2c(C)c(C)c(Cl)cc21. The van der Waals surface area contributed by atoms with Crippen molar-refractivity contribution in [2.75, 3.05) is 0 Å². The van der Waals surface area contributed by atoms with Crippen molar-refractivity contribution >= 4 is 35.7 Å². The van der Waals surface area contributed by atoms with Gasteiger partial charge in [-0.3, -0.25) is 4.57 Å². The van der Waals surface area contributed by atoms with Crippen LogP contribution in [-0.4, -0.2) is 19.3 Å². The molecule has 6 nitrogen and oxygen atoms in total. The van der Waals surface area contributed by atoms with Crippen LogP contribution in [0, 0.1) is 13.8 Å². The average molecular weight is 355 g/mol. The first-order valence-corrected chi connectivity index (χ1v) is 9.05. The summed E-state index contributed by atoms with van der Waals surface area (Å²) in [7, 11) is -4.43. The summed E-state index contributed by atoms with van der Waals surface area (Å²) in [6, 6.07) is 4.65. The number of fused-ring (bicyclic) bond motifs is 1. The van der Waals surface area contributed by atoms with Crippen molar-refractivity contribution in [1.29, 1.82) is 0 Å². The van der Waals surface area contributed by atoms with Gasteiger partial charge in [-0.1, -0.05) is 11.6 Å². The second kappa shape index (κ2) is 5.49. The molecule has 2 N–H and O–H groups in total. The minimum atomic E-state index is -4.43. The van der Waals surface area contributed by atoms with Crippen LogP contribution in [0.25, 0.3) is 22.6 Å². The zero-order valence-corrected chi connectivity index (χ0v) is 14.5. The number of halogens is 1. The smallest absolute Gasteiger partial charge is 0.391 e. The molecule has 0 spiro atoms. The Kier molecular flexibility index (Phi) is 3.89. The highest BCUT2D eigenvalue weighted by Crippen LogP contribution is 2.37. The predicted octanol–water partition coefficient (Wildman–Crippen LogP) is 3.39. The molecule has 0 aliphatic rings. The van der Waals surface area contributed by atoms with Crippen molar-refractivity contribution < 1.29 is 18.8 Å². The van der Waals surface area contributed by atoms with Crippen LogP contribution >= 0.6 is 19.2 Å². The Morgan fingerprint density at radius 2 is 2.00 bits per heavy atom. The van der Waals surface area contributed by atoms with Gasteiger partial charge in [0.2, 0.25) is 5.50 Å². The van der Waals surface area contributed by atoms with Gasteiger partial charge in [0.1, 0.15) is 0 Å². The Morgan fingerprint density at radius 1 is 1.30 bits per heavy atom. The summed E-state index contributed by atoms with van der Waals surface area (Å²) >= 11 is 6.27. The minimum absolute atomic E-state index is 0.314. The summed E-state index contributed by atoms with van der Waals surface area (Å²) in [6.45, 7) is 6.46. The van der Waals surface area contributed by atoms with E-state index in [1.54, 1.807) is 0 Å². The van der Waals surface area contributed by atoms with Gasteiger partial charge in [-0.05, 0) is 50.1 Å². The first kappa shape index (κ1) is 16.3. The van der Waals surface area contributed by atoms with Crippen LogP contribution in [0.4, 0.5) is 0 Å². The Morgan fingerprint density at radius 3 is 2.57 bits per heavy atom. The van der Waals surface area contributed by atoms with E-state index in [9.17, 15) is 14.4 Å². The molecule has 0 unspecified atom stereocenters. The van der Waals surface area contributed by atoms with Crippen molar-refractivity contribution in [3.05, 3.63) is 34.3 Å². The topological polar surface area (TPSA) is 88.5 Å². The van der Waals surface area contributed by atoms with Crippen molar-refractivity contribution in [3.63, 3.8) is 0 Å². The maximum Gasteiger partial charge on any atom is 0.391 e. The molecule has 3 aromatic rings. The fourth-order valence-electron chi connectivity index (χ4n) is 2.59. The molecule has 122 valence electrons. The molecule has 0 radical (unpaired) electrons. The normalized spacial score (nSPS) is 12.3. The highest BCUT2D eigenvalue weighted by Gasteiger charge is 2.24. The van der Waals surface area contributed by atoms with E-state index in [-0.39, 0.29) is 5.50 Å². The largest absolute Gasteiger partial charge is 0.445 e. The Labute approximate surface area is 137 Å². The van der Waals surface area contributed by atoms with Crippen molar-refractivity contribution in [3.8, 4) is 11.6 Å². The number of benzene rings is 1. The van der Waals surface area contributed by atoms with Crippen molar-refractivity contribution in [1.82, 2.24) is 9.55 Å². The van der Waals surface area contributed by atoms with E-state index in [4.69, 9.17) is 16.0 Å². The van der Waals surface area contributed by atoms with Gasteiger partial charge < -0.3 is 18.8 Å². The maximum absolute atomic E-state index is 11.3. The van der Waals surface area contributed by atoms with E-state index in [2.05, 4.69) is 4.98 Å². The molecule has 3 rings (SSSR count). The molecule has 0 saturated heterocycles. The first-order valence-electron chi connectivity index (χ1n) is 7.06. The third-order valence-electron chi connectivity index (χ3n) is 3.96. The predicted molar refractivity (Wildman–Crippen MR) is 89.3 cm³/mol. The Bertz CT molecular complexity index is 954. The van der Waals surface area contributed by atoms with E-state index in [1.807, 2.05) is 31.4 Å². The molecule has 0 amide bonds. The van der Waals surface area contributed by atoms with Gasteiger partial charge in [0.25, 0.3) is 0 Å². The van der Waals surface area contributed by atoms with E-state index in [1.165, 1.54) is 12.1 Å². The van der Waals surface area contributed by atoms with Gasteiger partial charge in [-0.25, -0.2) is 4.98 Å². The fourth-order valence-corrected chi connectivity index (χ4v) is 3.32. The number of aryl methyl sites for hydroxylation is 2. The zero-order chi connectivity index (χ0) is 16.9. The third-order valence-corrected chi connectivity index (χ3v) is 5.17. The van der Waals surface area contributed by atoms with Crippen LogP contribution in [0.2, 0.25) is 5.02 Å². The average Bonchev–Trinajstić information content (AvgIpc) is 3.08. The summed E-state index contributed by atoms with van der Waals surface area (Å²) in [5.41, 5.74) is 3.24. The summed E-state index contributed by atoms with van der Waals surface area (Å²) in [5.74, 6) is 0.835. The molecule has 2 heterocycles. The lowest BCUT2D eigenvalue weighted by Crippen LogP contribution is -2.00. The number of hydrogen-bond donors (Lipinski definition) is 2. The summed E-state index contributed by atoms with van der Waals surface area (Å²) in [4.78, 5) is 23.0. The van der Waals surface area contributed by atoms with Gasteiger partial charge >= 0.3 is 7.60 Å². The standard InChI is InChI=1S/C15H16ClN2O4P/c1-4-18-11-7-10(16)8(2)9(3)14(11)17-15(18)12-5-6-13(22-12)23(19,20)21/h5-7H,4H2,1-3H3,(H2,19,20,21). The number of hydrogen-bond acceptors (Lipinski definition) is 3. The molecule has 0 atom stereocenters. The zero-order valence-electron chi connectivity index (χ0n) is 12.9. The summed E-state index contributed by atoms with van der Waals surface area (Å²) in [5, 5.41) is 0.659. The molecule has 8 heteroatoms. The van der Waals surface area contributed by atoms with Crippen molar-refractivity contribution in [2.24, 2.45) is 0 Å². The van der Waals surface area contributed by atoms with Crippen LogP contribution in [0.15, 0.2) is 22.6 Å². The fraction of sp³-hybridized carbons (Fsp3) is 0.267. The second-order valence-corrected chi connectivity index (χ2v) is 7.27. The van der Waals surface area contributed by atoms with E-state index in [0.717, 1.165) is 22.2 Å². The quantitative estimate of drug-likeness (QED) is 0.704. The molecule has 0 saturated carbocycles. The summed E-state index contributed by atoms with van der Waals surface area (Å²) < 4.78 is 18.5. The second-order valence-electron chi connectivity index (χ2n) is 5.34. The highest BCUT2D eigenvalue weighted by atomic mass is 35.5. The van der Waals surface area contributed by atoms with Gasteiger partial charge in [-0.15, -0.1) is 0 Å². The van der Waals surface area contributed by atoms with Crippen LogP contribution in [-0.2, 0) is 11.1 Å². The third kappa shape index (κ3) is 2.62. The highest BCUT2D eigenvalue weighted by molar-refractivity contribution is 7.59. The molecule has 0 aliphatic heterocycles. The molecule has 0 aliphatic carbocycles. The molecule has 0 bridgehead atoms.